The van der Waals surface area contributed by atoms with Crippen molar-refractivity contribution in [1.29, 1.82) is 0 Å². The van der Waals surface area contributed by atoms with Crippen molar-refractivity contribution < 1.29 is 9.59 Å². The molecule has 1 fully saturated rings. The Kier molecular flexibility index (Phi) is 4.20. The number of hydrogen-bond donors (Lipinski definition) is 1. The van der Waals surface area contributed by atoms with Gasteiger partial charge in [0.05, 0.1) is 13.0 Å². The van der Waals surface area contributed by atoms with E-state index in [1.807, 2.05) is 32.0 Å². The van der Waals surface area contributed by atoms with Gasteiger partial charge in [-0.1, -0.05) is 23.8 Å². The van der Waals surface area contributed by atoms with E-state index in [1.165, 1.54) is 0 Å². The van der Waals surface area contributed by atoms with Crippen molar-refractivity contribution in [3.8, 4) is 0 Å². The lowest BCUT2D eigenvalue weighted by atomic mass is 10.0. The van der Waals surface area contributed by atoms with E-state index in [2.05, 4.69) is 5.32 Å². The zero-order chi connectivity index (χ0) is 13.8. The summed E-state index contributed by atoms with van der Waals surface area (Å²) in [6.07, 6.45) is 1.20. The molecular weight excluding hydrogens is 240 g/mol. The molecule has 1 aromatic rings. The molecule has 0 saturated carbocycles. The monoisotopic (exact) mass is 260 g/mol. The molecule has 1 N–H and O–H groups in total. The molecule has 1 aliphatic rings. The van der Waals surface area contributed by atoms with Crippen molar-refractivity contribution >= 4 is 11.8 Å². The molecule has 1 heterocycles. The number of nitrogens with one attached hydrogen (secondary N) is 1. The first kappa shape index (κ1) is 13.6. The molecule has 19 heavy (non-hydrogen) atoms. The third-order valence-corrected chi connectivity index (χ3v) is 3.46. The molecule has 1 aliphatic heterocycles. The van der Waals surface area contributed by atoms with Crippen molar-refractivity contribution in [2.45, 2.75) is 26.7 Å². The van der Waals surface area contributed by atoms with Crippen LogP contribution in [0.4, 0.5) is 0 Å². The van der Waals surface area contributed by atoms with Crippen LogP contribution in [-0.4, -0.2) is 36.3 Å². The molecule has 0 aliphatic carbocycles. The van der Waals surface area contributed by atoms with E-state index in [4.69, 9.17) is 0 Å². The van der Waals surface area contributed by atoms with Gasteiger partial charge in [-0.15, -0.1) is 0 Å². The maximum atomic E-state index is 12.3. The van der Waals surface area contributed by atoms with Gasteiger partial charge in [-0.3, -0.25) is 9.59 Å². The van der Waals surface area contributed by atoms with Crippen molar-refractivity contribution in [2.24, 2.45) is 0 Å². The third kappa shape index (κ3) is 3.56. The highest BCUT2D eigenvalue weighted by molar-refractivity contribution is 5.86. The Morgan fingerprint density at radius 3 is 2.95 bits per heavy atom. The number of carbonyl (C=O) groups excluding carboxylic acids is 2. The standard InChI is InChI=1S/C15H20N2O2/c1-11-4-5-12(2)13(8-11)9-15(19)17-7-3-6-16-14(18)10-17/h4-5,8H,3,6-7,9-10H2,1-2H3,(H,16,18). The molecule has 1 saturated heterocycles. The van der Waals surface area contributed by atoms with E-state index in [0.29, 0.717) is 19.5 Å². The Morgan fingerprint density at radius 1 is 1.37 bits per heavy atom. The van der Waals surface area contributed by atoms with E-state index < -0.39 is 0 Å². The van der Waals surface area contributed by atoms with Crippen LogP contribution in [0, 0.1) is 13.8 Å². The topological polar surface area (TPSA) is 49.4 Å². The number of rotatable bonds is 2. The fourth-order valence-electron chi connectivity index (χ4n) is 2.28. The Hall–Kier alpha value is -1.84. The minimum Gasteiger partial charge on any atom is -0.354 e. The molecule has 4 heteroatoms. The van der Waals surface area contributed by atoms with Gasteiger partial charge < -0.3 is 10.2 Å². The Morgan fingerprint density at radius 2 is 2.16 bits per heavy atom. The second kappa shape index (κ2) is 5.87. The molecule has 0 unspecified atom stereocenters. The summed E-state index contributed by atoms with van der Waals surface area (Å²) in [6, 6.07) is 6.13. The highest BCUT2D eigenvalue weighted by Crippen LogP contribution is 2.13. The summed E-state index contributed by atoms with van der Waals surface area (Å²) in [5, 5.41) is 2.78. The van der Waals surface area contributed by atoms with Crippen molar-refractivity contribution in [1.82, 2.24) is 10.2 Å². The van der Waals surface area contributed by atoms with Gasteiger partial charge in [0.15, 0.2) is 0 Å². The molecule has 0 radical (unpaired) electrons. The van der Waals surface area contributed by atoms with Crippen molar-refractivity contribution in [3.63, 3.8) is 0 Å². The van der Waals surface area contributed by atoms with E-state index in [-0.39, 0.29) is 18.4 Å². The Labute approximate surface area is 113 Å². The van der Waals surface area contributed by atoms with E-state index in [0.717, 1.165) is 23.1 Å². The molecule has 0 atom stereocenters. The lowest BCUT2D eigenvalue weighted by molar-refractivity contribution is -0.134. The number of hydrogen-bond acceptors (Lipinski definition) is 2. The Balaban J connectivity index is 2.07. The highest BCUT2D eigenvalue weighted by atomic mass is 16.2. The normalized spacial score (nSPS) is 15.9. The number of carbonyl (C=O) groups is 2. The molecular formula is C15H20N2O2. The summed E-state index contributed by atoms with van der Waals surface area (Å²) in [5.41, 5.74) is 3.33. The molecule has 102 valence electrons. The summed E-state index contributed by atoms with van der Waals surface area (Å²) < 4.78 is 0. The number of aryl methyl sites for hydroxylation is 2. The van der Waals surface area contributed by atoms with E-state index in [1.54, 1.807) is 4.90 Å². The van der Waals surface area contributed by atoms with Crippen LogP contribution in [-0.2, 0) is 16.0 Å². The first-order chi connectivity index (χ1) is 9.06. The van der Waals surface area contributed by atoms with E-state index >= 15 is 0 Å². The smallest absolute Gasteiger partial charge is 0.239 e. The fourth-order valence-corrected chi connectivity index (χ4v) is 2.28. The predicted octanol–water partition coefficient (Wildman–Crippen LogP) is 1.19. The van der Waals surface area contributed by atoms with Gasteiger partial charge in [-0.25, -0.2) is 0 Å². The van der Waals surface area contributed by atoms with Crippen LogP contribution in [0.25, 0.3) is 0 Å². The minimum atomic E-state index is -0.0631. The molecule has 0 aromatic heterocycles. The van der Waals surface area contributed by atoms with Gasteiger partial charge in [-0.2, -0.15) is 0 Å². The van der Waals surface area contributed by atoms with Crippen LogP contribution in [0.15, 0.2) is 18.2 Å². The highest BCUT2D eigenvalue weighted by Gasteiger charge is 2.20. The summed E-state index contributed by atoms with van der Waals surface area (Å²) >= 11 is 0. The van der Waals surface area contributed by atoms with Crippen LogP contribution in [0.5, 0.6) is 0 Å². The van der Waals surface area contributed by atoms with Gasteiger partial charge >= 0.3 is 0 Å². The van der Waals surface area contributed by atoms with Crippen LogP contribution in [0.2, 0.25) is 0 Å². The van der Waals surface area contributed by atoms with Gasteiger partial charge in [0, 0.05) is 13.1 Å². The molecule has 0 bridgehead atoms. The van der Waals surface area contributed by atoms with Crippen LogP contribution in [0.1, 0.15) is 23.1 Å². The second-order valence-electron chi connectivity index (χ2n) is 5.13. The van der Waals surface area contributed by atoms with Crippen LogP contribution >= 0.6 is 0 Å². The summed E-state index contributed by atoms with van der Waals surface area (Å²) in [7, 11) is 0. The summed E-state index contributed by atoms with van der Waals surface area (Å²) in [6.45, 7) is 5.53. The molecule has 4 nitrogen and oxygen atoms in total. The Bertz CT molecular complexity index is 497. The summed E-state index contributed by atoms with van der Waals surface area (Å²) in [4.78, 5) is 25.4. The maximum Gasteiger partial charge on any atom is 0.239 e. The molecule has 2 amide bonds. The first-order valence-electron chi connectivity index (χ1n) is 6.67. The first-order valence-corrected chi connectivity index (χ1v) is 6.67. The quantitative estimate of drug-likeness (QED) is 0.868. The number of benzene rings is 1. The third-order valence-electron chi connectivity index (χ3n) is 3.46. The van der Waals surface area contributed by atoms with Crippen molar-refractivity contribution in [3.05, 3.63) is 34.9 Å². The van der Waals surface area contributed by atoms with Crippen molar-refractivity contribution in [2.75, 3.05) is 19.6 Å². The van der Waals surface area contributed by atoms with Gasteiger partial charge in [0.1, 0.15) is 0 Å². The maximum absolute atomic E-state index is 12.3. The molecule has 2 rings (SSSR count). The summed E-state index contributed by atoms with van der Waals surface area (Å²) in [5.74, 6) is -0.0300. The average molecular weight is 260 g/mol. The number of amides is 2. The minimum absolute atomic E-state index is 0.0331. The van der Waals surface area contributed by atoms with Gasteiger partial charge in [0.25, 0.3) is 0 Å². The van der Waals surface area contributed by atoms with Crippen LogP contribution < -0.4 is 5.32 Å². The molecule has 0 spiro atoms. The van der Waals surface area contributed by atoms with Gasteiger partial charge in [0.2, 0.25) is 11.8 Å². The SMILES string of the molecule is Cc1ccc(C)c(CC(=O)N2CCCNC(=O)C2)c1. The fraction of sp³-hybridized carbons (Fsp3) is 0.467. The largest absolute Gasteiger partial charge is 0.354 e. The van der Waals surface area contributed by atoms with E-state index in [9.17, 15) is 9.59 Å². The average Bonchev–Trinajstić information content (AvgIpc) is 2.58. The zero-order valence-corrected chi connectivity index (χ0v) is 11.5. The zero-order valence-electron chi connectivity index (χ0n) is 11.5. The molecule has 1 aromatic carbocycles. The predicted molar refractivity (Wildman–Crippen MR) is 73.8 cm³/mol. The lowest BCUT2D eigenvalue weighted by Gasteiger charge is -2.19. The van der Waals surface area contributed by atoms with Crippen LogP contribution in [0.3, 0.4) is 0 Å². The van der Waals surface area contributed by atoms with Gasteiger partial charge in [-0.05, 0) is 31.4 Å². The second-order valence-corrected chi connectivity index (χ2v) is 5.13. The number of nitrogens with zero attached hydrogens (tertiary/aromatic N) is 1. The lowest BCUT2D eigenvalue weighted by Crippen LogP contribution is -2.38.